The first-order valence-electron chi connectivity index (χ1n) is 15.9. The van der Waals surface area contributed by atoms with Gasteiger partial charge in [0.05, 0.1) is 11.6 Å². The Morgan fingerprint density at radius 3 is 1.79 bits per heavy atom. The minimum absolute atomic E-state index is 0.361. The van der Waals surface area contributed by atoms with Gasteiger partial charge in [-0.1, -0.05) is 109 Å². The number of pyridine rings is 2. The maximum atomic E-state index is 4.54. The lowest BCUT2D eigenvalue weighted by molar-refractivity contribution is 0.792. The normalized spacial score (nSPS) is 16.0. The zero-order valence-corrected chi connectivity index (χ0v) is 26.9. The third kappa shape index (κ3) is 4.69. The Hall–Kier alpha value is -5.40. The molecule has 2 unspecified atom stereocenters. The van der Waals surface area contributed by atoms with Crippen molar-refractivity contribution in [2.45, 2.75) is 24.7 Å². The molecule has 8 aromatic rings. The highest BCUT2D eigenvalue weighted by Crippen LogP contribution is 2.47. The molecule has 2 aliphatic rings. The van der Waals surface area contributed by atoms with Crippen LogP contribution < -0.4 is 0 Å². The van der Waals surface area contributed by atoms with Crippen molar-refractivity contribution in [2.24, 2.45) is 0 Å². The van der Waals surface area contributed by atoms with Crippen molar-refractivity contribution in [1.82, 2.24) is 30.4 Å². The Bertz CT molecular complexity index is 2400. The van der Waals surface area contributed by atoms with E-state index in [2.05, 4.69) is 155 Å². The van der Waals surface area contributed by atoms with Crippen LogP contribution in [0, 0.1) is 0 Å². The fraction of sp³-hybridized carbons (Fsp3) is 0.100. The molecule has 0 radical (unpaired) electrons. The van der Waals surface area contributed by atoms with Gasteiger partial charge in [0.2, 0.25) is 0 Å². The van der Waals surface area contributed by atoms with Crippen LogP contribution >= 0.6 is 15.9 Å². The molecule has 0 spiro atoms. The molecule has 47 heavy (non-hydrogen) atoms. The molecule has 2 aliphatic carbocycles. The largest absolute Gasteiger partial charge is 0.269 e. The van der Waals surface area contributed by atoms with E-state index in [1.54, 1.807) is 0 Å². The third-order valence-corrected chi connectivity index (χ3v) is 10.2. The van der Waals surface area contributed by atoms with Crippen molar-refractivity contribution < 1.29 is 0 Å². The van der Waals surface area contributed by atoms with Crippen LogP contribution in [-0.2, 0) is 12.8 Å². The van der Waals surface area contributed by atoms with Gasteiger partial charge >= 0.3 is 0 Å². The average Bonchev–Trinajstić information content (AvgIpc) is 3.78. The molecule has 6 nitrogen and oxygen atoms in total. The Balaban J connectivity index is 0.000000129. The standard InChI is InChI=1S/C20H14BrN3.C20H15N3/c21-19-18-17-13(11-22-20(18)24-23-19)10-16(12-6-2-1-3-7-12)14-8-4-5-9-15(14)17;1-2-6-13(7-3-1)17-10-14-11-21-20-18(12-22-23-20)19(14)16-9-5-4-8-15(16)17/h1-9,11,16H,10H2,(H,22,23,24);1-9,11-12,17H,10H2,(H,21,22,23). The van der Waals surface area contributed by atoms with Crippen LogP contribution in [0.5, 0.6) is 0 Å². The number of halogens is 1. The molecule has 0 fully saturated rings. The minimum atomic E-state index is 0.361. The molecule has 10 rings (SSSR count). The predicted molar refractivity (Wildman–Crippen MR) is 190 cm³/mol. The number of hydrogen-bond acceptors (Lipinski definition) is 4. The second-order valence-corrected chi connectivity index (χ2v) is 13.0. The van der Waals surface area contributed by atoms with Crippen molar-refractivity contribution in [3.05, 3.63) is 166 Å². The van der Waals surface area contributed by atoms with Crippen molar-refractivity contribution in [1.29, 1.82) is 0 Å². The Kier molecular flexibility index (Phi) is 6.78. The molecular formula is C40H29BrN6. The summed E-state index contributed by atoms with van der Waals surface area (Å²) in [5.41, 5.74) is 14.8. The summed E-state index contributed by atoms with van der Waals surface area (Å²) in [6, 6.07) is 38.9. The number of rotatable bonds is 2. The van der Waals surface area contributed by atoms with E-state index in [-0.39, 0.29) is 0 Å². The summed E-state index contributed by atoms with van der Waals surface area (Å²) in [5.74, 6) is 0.742. The molecule has 2 N–H and O–H groups in total. The van der Waals surface area contributed by atoms with Crippen LogP contribution in [0.1, 0.15) is 45.2 Å². The molecule has 0 saturated heterocycles. The van der Waals surface area contributed by atoms with E-state index < -0.39 is 0 Å². The molecule has 4 heterocycles. The van der Waals surface area contributed by atoms with Gasteiger partial charge < -0.3 is 0 Å². The SMILES string of the molecule is Brc1[nH]nc2ncc3c(c12)-c1ccccc1C(c1ccccc1)C3.c1ccc(C2Cc3cnc4[nH]ncc4c3-c3ccccc32)cc1. The highest BCUT2D eigenvalue weighted by molar-refractivity contribution is 9.10. The molecule has 0 aliphatic heterocycles. The molecule has 226 valence electrons. The molecule has 7 heteroatoms. The molecular weight excluding hydrogens is 644 g/mol. The molecule has 4 aromatic heterocycles. The lowest BCUT2D eigenvalue weighted by Crippen LogP contribution is -2.13. The van der Waals surface area contributed by atoms with Gasteiger partial charge in [-0.3, -0.25) is 10.2 Å². The zero-order chi connectivity index (χ0) is 31.3. The molecule has 0 saturated carbocycles. The van der Waals surface area contributed by atoms with Gasteiger partial charge in [-0.15, -0.1) is 0 Å². The van der Waals surface area contributed by atoms with E-state index in [1.807, 2.05) is 18.6 Å². The van der Waals surface area contributed by atoms with Crippen molar-refractivity contribution in [3.8, 4) is 22.3 Å². The van der Waals surface area contributed by atoms with Gasteiger partial charge in [0, 0.05) is 35.2 Å². The summed E-state index contributed by atoms with van der Waals surface area (Å²) in [6.07, 6.45) is 7.81. The fourth-order valence-corrected chi connectivity index (χ4v) is 8.01. The monoisotopic (exact) mass is 672 g/mol. The van der Waals surface area contributed by atoms with E-state index in [0.717, 1.165) is 39.5 Å². The van der Waals surface area contributed by atoms with E-state index in [9.17, 15) is 0 Å². The Morgan fingerprint density at radius 1 is 0.574 bits per heavy atom. The lowest BCUT2D eigenvalue weighted by atomic mass is 9.75. The number of nitrogens with one attached hydrogen (secondary N) is 2. The van der Waals surface area contributed by atoms with Crippen LogP contribution in [0.25, 0.3) is 44.3 Å². The Labute approximate surface area is 280 Å². The highest BCUT2D eigenvalue weighted by Gasteiger charge is 2.29. The minimum Gasteiger partial charge on any atom is -0.269 e. The number of benzene rings is 4. The average molecular weight is 674 g/mol. The maximum absolute atomic E-state index is 4.54. The van der Waals surface area contributed by atoms with Crippen molar-refractivity contribution >= 4 is 38.0 Å². The summed E-state index contributed by atoms with van der Waals surface area (Å²) in [7, 11) is 0. The summed E-state index contributed by atoms with van der Waals surface area (Å²) >= 11 is 3.60. The number of nitrogens with zero attached hydrogens (tertiary/aromatic N) is 4. The number of H-pyrrole nitrogens is 2. The number of aromatic nitrogens is 6. The third-order valence-electron chi connectivity index (χ3n) is 9.64. The highest BCUT2D eigenvalue weighted by atomic mass is 79.9. The van der Waals surface area contributed by atoms with Crippen LogP contribution in [0.2, 0.25) is 0 Å². The molecule has 0 bridgehead atoms. The number of hydrogen-bond donors (Lipinski definition) is 2. The Morgan fingerprint density at radius 2 is 1.13 bits per heavy atom. The maximum Gasteiger partial charge on any atom is 0.182 e. The quantitative estimate of drug-likeness (QED) is 0.192. The van der Waals surface area contributed by atoms with Crippen LogP contribution in [0.4, 0.5) is 0 Å². The summed E-state index contributed by atoms with van der Waals surface area (Å²) in [4.78, 5) is 9.08. The van der Waals surface area contributed by atoms with Gasteiger partial charge in [0.15, 0.2) is 11.3 Å². The first-order chi connectivity index (χ1) is 23.2. The van der Waals surface area contributed by atoms with Crippen molar-refractivity contribution in [3.63, 3.8) is 0 Å². The van der Waals surface area contributed by atoms with E-state index in [4.69, 9.17) is 0 Å². The van der Waals surface area contributed by atoms with Crippen molar-refractivity contribution in [2.75, 3.05) is 0 Å². The van der Waals surface area contributed by atoms with Crippen LogP contribution in [-0.4, -0.2) is 30.4 Å². The second kappa shape index (κ2) is 11.4. The second-order valence-electron chi connectivity index (χ2n) is 12.2. The summed E-state index contributed by atoms with van der Waals surface area (Å²) < 4.78 is 0.898. The van der Waals surface area contributed by atoms with Crippen LogP contribution in [0.15, 0.2) is 132 Å². The first-order valence-corrected chi connectivity index (χ1v) is 16.6. The first kappa shape index (κ1) is 27.9. The summed E-state index contributed by atoms with van der Waals surface area (Å²) in [5, 5.41) is 16.6. The van der Waals surface area contributed by atoms with E-state index >= 15 is 0 Å². The topological polar surface area (TPSA) is 83.1 Å². The molecule has 2 atom stereocenters. The van der Waals surface area contributed by atoms with E-state index in [1.165, 1.54) is 55.6 Å². The lowest BCUT2D eigenvalue weighted by Gasteiger charge is -2.28. The molecule has 0 amide bonds. The smallest absolute Gasteiger partial charge is 0.182 e. The fourth-order valence-electron chi connectivity index (χ4n) is 7.55. The van der Waals surface area contributed by atoms with Gasteiger partial charge in [-0.2, -0.15) is 10.2 Å². The van der Waals surface area contributed by atoms with Gasteiger partial charge in [-0.05, 0) is 78.8 Å². The van der Waals surface area contributed by atoms with E-state index in [0.29, 0.717) is 11.8 Å². The summed E-state index contributed by atoms with van der Waals surface area (Å²) in [6.45, 7) is 0. The zero-order valence-electron chi connectivity index (χ0n) is 25.4. The van der Waals surface area contributed by atoms with Crippen LogP contribution in [0.3, 0.4) is 0 Å². The number of fused-ring (bicyclic) bond motifs is 10. The number of aromatic amines is 2. The molecule has 4 aromatic carbocycles. The van der Waals surface area contributed by atoms with Gasteiger partial charge in [0.1, 0.15) is 4.60 Å². The van der Waals surface area contributed by atoms with Gasteiger partial charge in [0.25, 0.3) is 0 Å². The van der Waals surface area contributed by atoms with Gasteiger partial charge in [-0.25, -0.2) is 9.97 Å². The predicted octanol–water partition coefficient (Wildman–Crippen LogP) is 9.39.